The van der Waals surface area contributed by atoms with E-state index in [0.717, 1.165) is 42.4 Å². The molecule has 2 atom stereocenters. The van der Waals surface area contributed by atoms with Crippen molar-refractivity contribution in [3.8, 4) is 0 Å². The van der Waals surface area contributed by atoms with Crippen molar-refractivity contribution < 1.29 is 9.72 Å². The van der Waals surface area contributed by atoms with Gasteiger partial charge in [0.25, 0.3) is 0 Å². The van der Waals surface area contributed by atoms with Crippen LogP contribution in [0.2, 0.25) is 0 Å². The fourth-order valence-corrected chi connectivity index (χ4v) is 3.68. The van der Waals surface area contributed by atoms with Gasteiger partial charge in [0.05, 0.1) is 0 Å². The summed E-state index contributed by atoms with van der Waals surface area (Å²) in [5, 5.41) is 13.5. The van der Waals surface area contributed by atoms with Gasteiger partial charge in [0, 0.05) is 48.2 Å². The third-order valence-corrected chi connectivity index (χ3v) is 5.08. The molecule has 1 aromatic rings. The van der Waals surface area contributed by atoms with E-state index in [1.54, 1.807) is 0 Å². The number of hydrogen-bond acceptors (Lipinski definition) is 5. The first-order valence-electron chi connectivity index (χ1n) is 7.47. The molecule has 1 aliphatic heterocycles. The number of carbonyl (C=O) groups is 1. The van der Waals surface area contributed by atoms with Gasteiger partial charge in [0.1, 0.15) is 5.92 Å². The molecule has 1 heterocycles. The van der Waals surface area contributed by atoms with Crippen LogP contribution >= 0.6 is 11.8 Å². The molecule has 118 valence electrons. The SMILES string of the molecule is O=C(Nc1ccccc1CN1CCSCC1)C1CC1[N+](=O)[O-]. The predicted molar refractivity (Wildman–Crippen MR) is 86.6 cm³/mol. The molecule has 7 heteroatoms. The van der Waals surface area contributed by atoms with E-state index in [0.29, 0.717) is 6.42 Å². The number of carbonyl (C=O) groups excluding carboxylic acids is 1. The Kier molecular flexibility index (Phi) is 4.63. The van der Waals surface area contributed by atoms with Crippen LogP contribution in [0.1, 0.15) is 12.0 Å². The lowest BCUT2D eigenvalue weighted by Crippen LogP contribution is -2.32. The molecule has 1 amide bonds. The molecule has 0 aromatic heterocycles. The Balaban J connectivity index is 1.63. The topological polar surface area (TPSA) is 75.5 Å². The average molecular weight is 321 g/mol. The van der Waals surface area contributed by atoms with Crippen LogP contribution in [-0.4, -0.2) is 46.4 Å². The highest BCUT2D eigenvalue weighted by molar-refractivity contribution is 7.99. The molecule has 6 nitrogen and oxygen atoms in total. The Morgan fingerprint density at radius 1 is 1.36 bits per heavy atom. The first kappa shape index (κ1) is 15.3. The first-order valence-corrected chi connectivity index (χ1v) is 8.63. The van der Waals surface area contributed by atoms with Crippen LogP contribution in [0.4, 0.5) is 5.69 Å². The quantitative estimate of drug-likeness (QED) is 0.661. The van der Waals surface area contributed by atoms with Crippen LogP contribution < -0.4 is 5.32 Å². The molecule has 2 unspecified atom stereocenters. The summed E-state index contributed by atoms with van der Waals surface area (Å²) in [5.74, 6) is 1.57. The van der Waals surface area contributed by atoms with Crippen molar-refractivity contribution in [1.29, 1.82) is 0 Å². The average Bonchev–Trinajstić information content (AvgIpc) is 3.31. The molecule has 1 saturated heterocycles. The Morgan fingerprint density at radius 2 is 2.09 bits per heavy atom. The summed E-state index contributed by atoms with van der Waals surface area (Å²) >= 11 is 1.96. The maximum atomic E-state index is 12.1. The zero-order valence-corrected chi connectivity index (χ0v) is 13.1. The van der Waals surface area contributed by atoms with Gasteiger partial charge in [-0.05, 0) is 11.6 Å². The lowest BCUT2D eigenvalue weighted by atomic mass is 10.1. The smallest absolute Gasteiger partial charge is 0.234 e. The molecule has 0 radical (unpaired) electrons. The largest absolute Gasteiger partial charge is 0.325 e. The maximum Gasteiger partial charge on any atom is 0.234 e. The first-order chi connectivity index (χ1) is 10.6. The van der Waals surface area contributed by atoms with E-state index in [2.05, 4.69) is 10.2 Å². The molecular weight excluding hydrogens is 302 g/mol. The number of rotatable bonds is 5. The summed E-state index contributed by atoms with van der Waals surface area (Å²) < 4.78 is 0. The summed E-state index contributed by atoms with van der Waals surface area (Å²) in [7, 11) is 0. The van der Waals surface area contributed by atoms with Crippen LogP contribution in [-0.2, 0) is 11.3 Å². The van der Waals surface area contributed by atoms with Crippen LogP contribution in [0.5, 0.6) is 0 Å². The van der Waals surface area contributed by atoms with E-state index in [1.165, 1.54) is 0 Å². The standard InChI is InChI=1S/C15H19N3O3S/c19-15(12-9-14(12)18(20)21)16-13-4-2-1-3-11(13)10-17-5-7-22-8-6-17/h1-4,12,14H,5-10H2,(H,16,19). The zero-order valence-electron chi connectivity index (χ0n) is 12.2. The minimum absolute atomic E-state index is 0.233. The molecule has 22 heavy (non-hydrogen) atoms. The van der Waals surface area contributed by atoms with E-state index >= 15 is 0 Å². The Bertz CT molecular complexity index is 575. The molecule has 1 aromatic carbocycles. The number of amides is 1. The van der Waals surface area contributed by atoms with E-state index in [9.17, 15) is 14.9 Å². The second-order valence-electron chi connectivity index (χ2n) is 5.73. The van der Waals surface area contributed by atoms with Crippen molar-refractivity contribution >= 4 is 23.4 Å². The van der Waals surface area contributed by atoms with Crippen molar-refractivity contribution in [3.05, 3.63) is 39.9 Å². The third kappa shape index (κ3) is 3.59. The summed E-state index contributed by atoms with van der Waals surface area (Å²) in [5.41, 5.74) is 1.85. The zero-order chi connectivity index (χ0) is 15.5. The highest BCUT2D eigenvalue weighted by atomic mass is 32.2. The van der Waals surface area contributed by atoms with Crippen LogP contribution in [0.25, 0.3) is 0 Å². The highest BCUT2D eigenvalue weighted by Crippen LogP contribution is 2.34. The molecule has 1 saturated carbocycles. The van der Waals surface area contributed by atoms with E-state index in [4.69, 9.17) is 0 Å². The Hall–Kier alpha value is -1.60. The molecule has 0 spiro atoms. The number of thioether (sulfide) groups is 1. The third-order valence-electron chi connectivity index (χ3n) is 4.14. The molecule has 3 rings (SSSR count). The van der Waals surface area contributed by atoms with Gasteiger partial charge in [-0.1, -0.05) is 18.2 Å². The van der Waals surface area contributed by atoms with Gasteiger partial charge in [-0.15, -0.1) is 0 Å². The lowest BCUT2D eigenvalue weighted by Gasteiger charge is -2.27. The number of nitrogens with zero attached hydrogens (tertiary/aromatic N) is 2. The number of benzene rings is 1. The number of nitrogens with one attached hydrogen (secondary N) is 1. The van der Waals surface area contributed by atoms with Crippen LogP contribution in [0.3, 0.4) is 0 Å². The van der Waals surface area contributed by atoms with Gasteiger partial charge in [-0.25, -0.2) is 0 Å². The second kappa shape index (κ2) is 6.66. The molecule has 2 fully saturated rings. The Morgan fingerprint density at radius 3 is 2.77 bits per heavy atom. The van der Waals surface area contributed by atoms with Crippen molar-refractivity contribution in [2.75, 3.05) is 29.9 Å². The minimum Gasteiger partial charge on any atom is -0.325 e. The normalized spacial score (nSPS) is 24.7. The fourth-order valence-electron chi connectivity index (χ4n) is 2.70. The van der Waals surface area contributed by atoms with Crippen molar-refractivity contribution in [2.45, 2.75) is 19.0 Å². The number of para-hydroxylation sites is 1. The van der Waals surface area contributed by atoms with E-state index in [1.807, 2.05) is 36.0 Å². The number of hydrogen-bond donors (Lipinski definition) is 1. The fraction of sp³-hybridized carbons (Fsp3) is 0.533. The molecule has 0 bridgehead atoms. The van der Waals surface area contributed by atoms with Gasteiger partial charge < -0.3 is 5.32 Å². The summed E-state index contributed by atoms with van der Waals surface area (Å²) in [6.07, 6.45) is 0.352. The lowest BCUT2D eigenvalue weighted by molar-refractivity contribution is -0.497. The van der Waals surface area contributed by atoms with Crippen molar-refractivity contribution in [1.82, 2.24) is 4.90 Å². The summed E-state index contributed by atoms with van der Waals surface area (Å²) in [4.78, 5) is 24.8. The second-order valence-corrected chi connectivity index (χ2v) is 6.95. The predicted octanol–water partition coefficient (Wildman–Crippen LogP) is 1.84. The Labute approximate surface area is 133 Å². The van der Waals surface area contributed by atoms with Crippen LogP contribution in [0.15, 0.2) is 24.3 Å². The molecule has 1 N–H and O–H groups in total. The van der Waals surface area contributed by atoms with Crippen LogP contribution in [0, 0.1) is 16.0 Å². The van der Waals surface area contributed by atoms with Gasteiger partial charge in [-0.2, -0.15) is 11.8 Å². The highest BCUT2D eigenvalue weighted by Gasteiger charge is 2.53. The van der Waals surface area contributed by atoms with E-state index in [-0.39, 0.29) is 10.8 Å². The van der Waals surface area contributed by atoms with Gasteiger partial charge >= 0.3 is 0 Å². The van der Waals surface area contributed by atoms with Crippen molar-refractivity contribution in [3.63, 3.8) is 0 Å². The number of nitro groups is 1. The van der Waals surface area contributed by atoms with Crippen molar-refractivity contribution in [2.24, 2.45) is 5.92 Å². The maximum absolute atomic E-state index is 12.1. The van der Waals surface area contributed by atoms with Gasteiger partial charge in [-0.3, -0.25) is 19.8 Å². The molecule has 1 aliphatic carbocycles. The monoisotopic (exact) mass is 321 g/mol. The summed E-state index contributed by atoms with van der Waals surface area (Å²) in [6.45, 7) is 2.91. The molecule has 2 aliphatic rings. The minimum atomic E-state index is -0.703. The van der Waals surface area contributed by atoms with Gasteiger partial charge in [0.15, 0.2) is 0 Å². The molecular formula is C15H19N3O3S. The number of anilines is 1. The summed E-state index contributed by atoms with van der Waals surface area (Å²) in [6, 6.07) is 7.01. The van der Waals surface area contributed by atoms with E-state index < -0.39 is 12.0 Å². The van der Waals surface area contributed by atoms with Gasteiger partial charge in [0.2, 0.25) is 11.9 Å².